The summed E-state index contributed by atoms with van der Waals surface area (Å²) in [5.74, 6) is 0.806. The maximum Gasteiger partial charge on any atom is 0.240 e. The quantitative estimate of drug-likeness (QED) is 0.789. The van der Waals surface area contributed by atoms with Crippen molar-refractivity contribution >= 4 is 22.1 Å². The van der Waals surface area contributed by atoms with Crippen LogP contribution in [-0.2, 0) is 16.6 Å². The number of carbonyl (C=O) groups is 1. The highest BCUT2D eigenvalue weighted by molar-refractivity contribution is 9.08. The summed E-state index contributed by atoms with van der Waals surface area (Å²) in [6, 6.07) is 17.8. The van der Waals surface area contributed by atoms with Crippen LogP contribution in [0.3, 0.4) is 0 Å². The van der Waals surface area contributed by atoms with Gasteiger partial charge in [-0.15, -0.1) is 0 Å². The highest BCUT2D eigenvalue weighted by Crippen LogP contribution is 2.30. The normalized spacial score (nSPS) is 13.2. The van der Waals surface area contributed by atoms with Crippen molar-refractivity contribution in [2.45, 2.75) is 25.2 Å². The maximum atomic E-state index is 12.4. The standard InChI is InChI=1S/C18H20BrNO2/c1-18(17(21)20-19,15-6-4-3-5-7-15)13-12-14-8-10-16(22-2)11-9-14/h3-11H,12-13H2,1-2H3,(H,20,21). The van der Waals surface area contributed by atoms with Crippen LogP contribution in [-0.4, -0.2) is 13.0 Å². The maximum absolute atomic E-state index is 12.4. The number of halogens is 1. The topological polar surface area (TPSA) is 38.3 Å². The van der Waals surface area contributed by atoms with Gasteiger partial charge >= 0.3 is 0 Å². The van der Waals surface area contributed by atoms with Crippen molar-refractivity contribution in [3.05, 3.63) is 65.7 Å². The number of hydrogen-bond donors (Lipinski definition) is 1. The molecule has 1 unspecified atom stereocenters. The molecule has 0 aliphatic heterocycles. The van der Waals surface area contributed by atoms with E-state index in [1.807, 2.05) is 61.5 Å². The van der Waals surface area contributed by atoms with E-state index in [9.17, 15) is 4.79 Å². The monoisotopic (exact) mass is 361 g/mol. The van der Waals surface area contributed by atoms with Crippen LogP contribution in [0, 0.1) is 0 Å². The van der Waals surface area contributed by atoms with Crippen LogP contribution in [0.2, 0.25) is 0 Å². The second-order valence-corrected chi connectivity index (χ2v) is 5.87. The minimum atomic E-state index is -0.579. The fourth-order valence-corrected chi connectivity index (χ4v) is 2.92. The SMILES string of the molecule is COc1ccc(CCC(C)(C(=O)NBr)c2ccccc2)cc1. The van der Waals surface area contributed by atoms with Gasteiger partial charge in [0, 0.05) is 16.1 Å². The Kier molecular flexibility index (Phi) is 5.61. The van der Waals surface area contributed by atoms with E-state index in [0.717, 1.165) is 24.2 Å². The summed E-state index contributed by atoms with van der Waals surface area (Å²) < 4.78 is 7.78. The molecule has 1 atom stereocenters. The van der Waals surface area contributed by atoms with Crippen molar-refractivity contribution in [1.29, 1.82) is 0 Å². The molecule has 2 aromatic rings. The van der Waals surface area contributed by atoms with E-state index in [4.69, 9.17) is 4.74 Å². The molecule has 0 aliphatic rings. The van der Waals surface area contributed by atoms with E-state index in [0.29, 0.717) is 0 Å². The first-order chi connectivity index (χ1) is 10.6. The smallest absolute Gasteiger partial charge is 0.240 e. The van der Waals surface area contributed by atoms with Crippen molar-refractivity contribution in [2.75, 3.05) is 7.11 Å². The molecule has 4 heteroatoms. The molecule has 0 saturated carbocycles. The van der Waals surface area contributed by atoms with Crippen molar-refractivity contribution in [3.8, 4) is 5.75 Å². The molecule has 0 bridgehead atoms. The van der Waals surface area contributed by atoms with Gasteiger partial charge in [-0.25, -0.2) is 0 Å². The van der Waals surface area contributed by atoms with Gasteiger partial charge in [0.1, 0.15) is 5.75 Å². The van der Waals surface area contributed by atoms with Crippen molar-refractivity contribution in [2.24, 2.45) is 0 Å². The Morgan fingerprint density at radius 1 is 1.14 bits per heavy atom. The van der Waals surface area contributed by atoms with E-state index in [1.165, 1.54) is 5.56 Å². The Labute approximate surface area is 140 Å². The summed E-state index contributed by atoms with van der Waals surface area (Å²) in [4.78, 5) is 12.4. The summed E-state index contributed by atoms with van der Waals surface area (Å²) in [6.45, 7) is 1.97. The van der Waals surface area contributed by atoms with Gasteiger partial charge in [0.2, 0.25) is 5.91 Å². The molecule has 2 rings (SSSR count). The molecule has 0 radical (unpaired) electrons. The van der Waals surface area contributed by atoms with Crippen LogP contribution in [0.15, 0.2) is 54.6 Å². The van der Waals surface area contributed by atoms with E-state index in [-0.39, 0.29) is 5.91 Å². The molecule has 116 valence electrons. The predicted molar refractivity (Wildman–Crippen MR) is 92.2 cm³/mol. The van der Waals surface area contributed by atoms with E-state index in [1.54, 1.807) is 7.11 Å². The lowest BCUT2D eigenvalue weighted by Crippen LogP contribution is -2.38. The number of benzene rings is 2. The van der Waals surface area contributed by atoms with Gasteiger partial charge in [0.05, 0.1) is 12.5 Å². The minimum Gasteiger partial charge on any atom is -0.497 e. The minimum absolute atomic E-state index is 0.0350. The number of carbonyl (C=O) groups excluding carboxylic acids is 1. The van der Waals surface area contributed by atoms with Crippen molar-refractivity contribution in [3.63, 3.8) is 0 Å². The average Bonchev–Trinajstić information content (AvgIpc) is 2.60. The summed E-state index contributed by atoms with van der Waals surface area (Å²) in [7, 11) is 1.65. The number of methoxy groups -OCH3 is 1. The number of aryl methyl sites for hydroxylation is 1. The third-order valence-electron chi connectivity index (χ3n) is 4.07. The second-order valence-electron chi connectivity index (χ2n) is 5.47. The second kappa shape index (κ2) is 7.45. The molecule has 0 fully saturated rings. The summed E-state index contributed by atoms with van der Waals surface area (Å²) in [5, 5.41) is 0. The highest BCUT2D eigenvalue weighted by atomic mass is 79.9. The van der Waals surface area contributed by atoms with E-state index < -0.39 is 5.41 Å². The lowest BCUT2D eigenvalue weighted by Gasteiger charge is -2.28. The van der Waals surface area contributed by atoms with E-state index in [2.05, 4.69) is 20.5 Å². The highest BCUT2D eigenvalue weighted by Gasteiger charge is 2.34. The molecule has 22 heavy (non-hydrogen) atoms. The first-order valence-corrected chi connectivity index (χ1v) is 7.99. The molecule has 1 amide bonds. The summed E-state index contributed by atoms with van der Waals surface area (Å²) in [5.41, 5.74) is 1.62. The molecule has 0 saturated heterocycles. The fourth-order valence-electron chi connectivity index (χ4n) is 2.49. The third-order valence-corrected chi connectivity index (χ3v) is 4.43. The zero-order chi connectivity index (χ0) is 16.0. The van der Waals surface area contributed by atoms with Crippen LogP contribution in [0.5, 0.6) is 5.75 Å². The summed E-state index contributed by atoms with van der Waals surface area (Å²) >= 11 is 3.08. The average molecular weight is 362 g/mol. The van der Waals surface area contributed by atoms with Crippen molar-refractivity contribution in [1.82, 2.24) is 4.34 Å². The number of hydrogen-bond acceptors (Lipinski definition) is 2. The van der Waals surface area contributed by atoms with Gasteiger partial charge in [-0.1, -0.05) is 42.5 Å². The Hall–Kier alpha value is -1.81. The largest absolute Gasteiger partial charge is 0.497 e. The molecule has 0 aromatic heterocycles. The van der Waals surface area contributed by atoms with Crippen LogP contribution in [0.25, 0.3) is 0 Å². The van der Waals surface area contributed by atoms with Gasteiger partial charge < -0.3 is 4.74 Å². The first kappa shape index (κ1) is 16.6. The zero-order valence-electron chi connectivity index (χ0n) is 12.8. The molecule has 2 aromatic carbocycles. The molecular formula is C18H20BrNO2. The number of amides is 1. The molecule has 1 N–H and O–H groups in total. The van der Waals surface area contributed by atoms with Crippen LogP contribution >= 0.6 is 16.1 Å². The van der Waals surface area contributed by atoms with Crippen molar-refractivity contribution < 1.29 is 9.53 Å². The molecule has 0 spiro atoms. The van der Waals surface area contributed by atoms with Gasteiger partial charge in [-0.3, -0.25) is 9.14 Å². The molecule has 0 aliphatic carbocycles. The van der Waals surface area contributed by atoms with Gasteiger partial charge in [-0.05, 0) is 43.0 Å². The Morgan fingerprint density at radius 3 is 2.32 bits per heavy atom. The molecule has 0 heterocycles. The van der Waals surface area contributed by atoms with Crippen LogP contribution in [0.1, 0.15) is 24.5 Å². The Morgan fingerprint density at radius 2 is 1.77 bits per heavy atom. The van der Waals surface area contributed by atoms with Gasteiger partial charge in [0.15, 0.2) is 0 Å². The fraction of sp³-hybridized carbons (Fsp3) is 0.278. The number of rotatable bonds is 6. The van der Waals surface area contributed by atoms with Gasteiger partial charge in [-0.2, -0.15) is 0 Å². The van der Waals surface area contributed by atoms with Crippen LogP contribution < -0.4 is 9.08 Å². The Balaban J connectivity index is 2.18. The summed E-state index contributed by atoms with van der Waals surface area (Å²) in [6.07, 6.45) is 1.54. The molecular weight excluding hydrogens is 342 g/mol. The number of ether oxygens (including phenoxy) is 1. The zero-order valence-corrected chi connectivity index (χ0v) is 14.4. The first-order valence-electron chi connectivity index (χ1n) is 7.19. The molecule has 3 nitrogen and oxygen atoms in total. The predicted octanol–water partition coefficient (Wildman–Crippen LogP) is 4.01. The van der Waals surface area contributed by atoms with Gasteiger partial charge in [0.25, 0.3) is 0 Å². The third kappa shape index (κ3) is 3.69. The van der Waals surface area contributed by atoms with E-state index >= 15 is 0 Å². The Bertz CT molecular complexity index is 613. The van der Waals surface area contributed by atoms with Crippen LogP contribution in [0.4, 0.5) is 0 Å². The lowest BCUT2D eigenvalue weighted by atomic mass is 9.77. The number of nitrogens with one attached hydrogen (secondary N) is 1. The lowest BCUT2D eigenvalue weighted by molar-refractivity contribution is -0.124.